The SMILES string of the molecule is CCOc1cc2c(cc1OCC)C(C)(C)OC2=O. The number of cyclic esters (lactones) is 1. The van der Waals surface area contributed by atoms with Gasteiger partial charge in [0.05, 0.1) is 18.8 Å². The molecule has 0 atom stereocenters. The average Bonchev–Trinajstić information content (AvgIpc) is 2.51. The van der Waals surface area contributed by atoms with Crippen molar-refractivity contribution in [2.45, 2.75) is 33.3 Å². The van der Waals surface area contributed by atoms with Crippen molar-refractivity contribution in [2.24, 2.45) is 0 Å². The molecule has 1 heterocycles. The summed E-state index contributed by atoms with van der Waals surface area (Å²) in [6.07, 6.45) is 0. The molecule has 4 nitrogen and oxygen atoms in total. The highest BCUT2D eigenvalue weighted by Gasteiger charge is 2.39. The molecule has 1 aromatic rings. The van der Waals surface area contributed by atoms with Crippen molar-refractivity contribution in [3.8, 4) is 11.5 Å². The van der Waals surface area contributed by atoms with Crippen LogP contribution in [0.3, 0.4) is 0 Å². The fourth-order valence-corrected chi connectivity index (χ4v) is 2.11. The molecule has 0 bridgehead atoms. The third-order valence-corrected chi connectivity index (χ3v) is 2.90. The van der Waals surface area contributed by atoms with E-state index in [4.69, 9.17) is 14.2 Å². The van der Waals surface area contributed by atoms with Crippen LogP contribution in [0.25, 0.3) is 0 Å². The number of fused-ring (bicyclic) bond motifs is 1. The van der Waals surface area contributed by atoms with E-state index < -0.39 is 5.60 Å². The molecule has 0 unspecified atom stereocenters. The van der Waals surface area contributed by atoms with Gasteiger partial charge in [0.2, 0.25) is 0 Å². The highest BCUT2D eigenvalue weighted by atomic mass is 16.6. The lowest BCUT2D eigenvalue weighted by atomic mass is 9.95. The molecule has 0 saturated carbocycles. The van der Waals surface area contributed by atoms with Gasteiger partial charge in [-0.3, -0.25) is 0 Å². The molecule has 98 valence electrons. The van der Waals surface area contributed by atoms with Crippen molar-refractivity contribution < 1.29 is 19.0 Å². The van der Waals surface area contributed by atoms with Crippen LogP contribution < -0.4 is 9.47 Å². The molecule has 4 heteroatoms. The lowest BCUT2D eigenvalue weighted by molar-refractivity contribution is 0.00949. The normalized spacial score (nSPS) is 16.1. The van der Waals surface area contributed by atoms with Crippen LogP contribution in [0.4, 0.5) is 0 Å². The number of carbonyl (C=O) groups excluding carboxylic acids is 1. The van der Waals surface area contributed by atoms with E-state index in [9.17, 15) is 4.79 Å². The van der Waals surface area contributed by atoms with Crippen LogP contribution in [0.2, 0.25) is 0 Å². The zero-order valence-corrected chi connectivity index (χ0v) is 11.2. The third kappa shape index (κ3) is 2.03. The first-order chi connectivity index (χ1) is 8.49. The van der Waals surface area contributed by atoms with Crippen molar-refractivity contribution in [3.05, 3.63) is 23.3 Å². The van der Waals surface area contributed by atoms with Gasteiger partial charge >= 0.3 is 5.97 Å². The number of benzene rings is 1. The topological polar surface area (TPSA) is 44.8 Å². The van der Waals surface area contributed by atoms with Gasteiger partial charge in [0, 0.05) is 5.56 Å². The molecule has 0 N–H and O–H groups in total. The molecule has 1 aromatic carbocycles. The Morgan fingerprint density at radius 3 is 2.22 bits per heavy atom. The maximum atomic E-state index is 11.8. The minimum absolute atomic E-state index is 0.306. The number of hydrogen-bond donors (Lipinski definition) is 0. The summed E-state index contributed by atoms with van der Waals surface area (Å²) in [5.74, 6) is 0.941. The van der Waals surface area contributed by atoms with Gasteiger partial charge in [0.25, 0.3) is 0 Å². The van der Waals surface area contributed by atoms with Gasteiger partial charge in [-0.25, -0.2) is 4.79 Å². The van der Waals surface area contributed by atoms with E-state index in [1.807, 2.05) is 33.8 Å². The highest BCUT2D eigenvalue weighted by molar-refractivity contribution is 5.95. The molecule has 0 saturated heterocycles. The summed E-state index contributed by atoms with van der Waals surface area (Å²) in [7, 11) is 0. The van der Waals surface area contributed by atoms with E-state index in [-0.39, 0.29) is 5.97 Å². The van der Waals surface area contributed by atoms with Gasteiger partial charge in [0.1, 0.15) is 5.60 Å². The lowest BCUT2D eigenvalue weighted by Crippen LogP contribution is -2.16. The second-order valence-corrected chi connectivity index (χ2v) is 4.61. The van der Waals surface area contributed by atoms with E-state index in [1.165, 1.54) is 0 Å². The number of ether oxygens (including phenoxy) is 3. The second kappa shape index (κ2) is 4.52. The zero-order chi connectivity index (χ0) is 13.3. The molecule has 18 heavy (non-hydrogen) atoms. The highest BCUT2D eigenvalue weighted by Crippen LogP contribution is 2.42. The number of hydrogen-bond acceptors (Lipinski definition) is 4. The first-order valence-corrected chi connectivity index (χ1v) is 6.17. The molecule has 1 aliphatic rings. The van der Waals surface area contributed by atoms with Gasteiger partial charge in [-0.2, -0.15) is 0 Å². The molecule has 0 amide bonds. The minimum Gasteiger partial charge on any atom is -0.490 e. The van der Waals surface area contributed by atoms with Crippen LogP contribution >= 0.6 is 0 Å². The second-order valence-electron chi connectivity index (χ2n) is 4.61. The molecule has 0 aliphatic carbocycles. The Bertz CT molecular complexity index is 477. The van der Waals surface area contributed by atoms with Crippen LogP contribution in [0.1, 0.15) is 43.6 Å². The number of esters is 1. The quantitative estimate of drug-likeness (QED) is 0.771. The Morgan fingerprint density at radius 1 is 1.11 bits per heavy atom. The molecule has 1 aliphatic heterocycles. The van der Waals surface area contributed by atoms with Crippen molar-refractivity contribution in [3.63, 3.8) is 0 Å². The zero-order valence-electron chi connectivity index (χ0n) is 11.2. The Hall–Kier alpha value is -1.71. The summed E-state index contributed by atoms with van der Waals surface area (Å²) in [6.45, 7) is 8.62. The van der Waals surface area contributed by atoms with Gasteiger partial charge in [-0.05, 0) is 39.8 Å². The fraction of sp³-hybridized carbons (Fsp3) is 0.500. The summed E-state index contributed by atoms with van der Waals surface area (Å²) in [6, 6.07) is 3.55. The number of carbonyl (C=O) groups is 1. The Kier molecular flexibility index (Phi) is 3.20. The molecular formula is C14H18O4. The van der Waals surface area contributed by atoms with E-state index >= 15 is 0 Å². The van der Waals surface area contributed by atoms with Crippen molar-refractivity contribution in [1.82, 2.24) is 0 Å². The molecule has 0 fully saturated rings. The third-order valence-electron chi connectivity index (χ3n) is 2.90. The first kappa shape index (κ1) is 12.7. The van der Waals surface area contributed by atoms with Crippen LogP contribution in [-0.4, -0.2) is 19.2 Å². The van der Waals surface area contributed by atoms with Crippen LogP contribution in [0, 0.1) is 0 Å². The van der Waals surface area contributed by atoms with E-state index in [0.717, 1.165) is 5.56 Å². The lowest BCUT2D eigenvalue weighted by Gasteiger charge is -2.19. The van der Waals surface area contributed by atoms with Crippen molar-refractivity contribution in [2.75, 3.05) is 13.2 Å². The predicted molar refractivity (Wildman–Crippen MR) is 67.2 cm³/mol. The summed E-state index contributed by atoms with van der Waals surface area (Å²) in [5, 5.41) is 0. The molecule has 2 rings (SSSR count). The monoisotopic (exact) mass is 250 g/mol. The summed E-state index contributed by atoms with van der Waals surface area (Å²) >= 11 is 0. The Labute approximate surface area is 107 Å². The molecule has 0 aromatic heterocycles. The Balaban J connectivity index is 2.53. The average molecular weight is 250 g/mol. The molecule has 0 spiro atoms. The maximum absolute atomic E-state index is 11.8. The Morgan fingerprint density at radius 2 is 1.67 bits per heavy atom. The molecular weight excluding hydrogens is 232 g/mol. The minimum atomic E-state index is -0.608. The van der Waals surface area contributed by atoms with E-state index in [1.54, 1.807) is 6.07 Å². The van der Waals surface area contributed by atoms with Gasteiger partial charge < -0.3 is 14.2 Å². The predicted octanol–water partition coefficient (Wildman–Crippen LogP) is 2.89. The fourth-order valence-electron chi connectivity index (χ4n) is 2.11. The smallest absolute Gasteiger partial charge is 0.339 e. The van der Waals surface area contributed by atoms with Crippen LogP contribution in [0.5, 0.6) is 11.5 Å². The first-order valence-electron chi connectivity index (χ1n) is 6.17. The van der Waals surface area contributed by atoms with E-state index in [0.29, 0.717) is 30.3 Å². The van der Waals surface area contributed by atoms with Crippen molar-refractivity contribution in [1.29, 1.82) is 0 Å². The standard InChI is InChI=1S/C14H18O4/c1-5-16-11-7-9-10(8-12(11)17-6-2)14(3,4)18-13(9)15/h7-8H,5-6H2,1-4H3. The summed E-state index contributed by atoms with van der Waals surface area (Å²) in [5.41, 5.74) is 0.800. The largest absolute Gasteiger partial charge is 0.490 e. The maximum Gasteiger partial charge on any atom is 0.339 e. The van der Waals surface area contributed by atoms with Gasteiger partial charge in [-0.1, -0.05) is 0 Å². The van der Waals surface area contributed by atoms with Crippen LogP contribution in [-0.2, 0) is 10.3 Å². The van der Waals surface area contributed by atoms with Gasteiger partial charge in [-0.15, -0.1) is 0 Å². The van der Waals surface area contributed by atoms with E-state index in [2.05, 4.69) is 0 Å². The number of rotatable bonds is 4. The van der Waals surface area contributed by atoms with Gasteiger partial charge in [0.15, 0.2) is 11.5 Å². The summed E-state index contributed by atoms with van der Waals surface area (Å²) < 4.78 is 16.4. The van der Waals surface area contributed by atoms with Crippen molar-refractivity contribution >= 4 is 5.97 Å². The molecule has 0 radical (unpaired) electrons. The summed E-state index contributed by atoms with van der Waals surface area (Å²) in [4.78, 5) is 11.8. The van der Waals surface area contributed by atoms with Crippen LogP contribution in [0.15, 0.2) is 12.1 Å².